The molecule has 7 N–H and O–H groups in total. The SMILES string of the molecule is CSS[C@@H](C)C[C@@H]1C[C@H](n2ncc3c(=O)[nH]c(N)nc32)OC1COP(=O)(O)OP(=O)(O)OP(=O)(O)O. The third-order valence-electron chi connectivity index (χ3n) is 4.83. The summed E-state index contributed by atoms with van der Waals surface area (Å²) in [5.41, 5.74) is 5.31. The Bertz CT molecular complexity index is 1290. The van der Waals surface area contributed by atoms with Gasteiger partial charge in [-0.3, -0.25) is 14.3 Å². The van der Waals surface area contributed by atoms with Crippen molar-refractivity contribution >= 4 is 62.0 Å². The summed E-state index contributed by atoms with van der Waals surface area (Å²) in [4.78, 5) is 55.0. The van der Waals surface area contributed by atoms with E-state index >= 15 is 0 Å². The molecule has 0 saturated carbocycles. The molecule has 2 aromatic heterocycles. The van der Waals surface area contributed by atoms with Crippen molar-refractivity contribution in [2.75, 3.05) is 18.6 Å². The van der Waals surface area contributed by atoms with E-state index in [4.69, 9.17) is 24.8 Å². The molecule has 36 heavy (non-hydrogen) atoms. The van der Waals surface area contributed by atoms with Gasteiger partial charge in [0.2, 0.25) is 5.95 Å². The van der Waals surface area contributed by atoms with Gasteiger partial charge in [-0.2, -0.15) is 18.7 Å². The molecule has 0 bridgehead atoms. The lowest BCUT2D eigenvalue weighted by atomic mass is 9.96. The summed E-state index contributed by atoms with van der Waals surface area (Å²) in [6.45, 7) is 1.37. The number of nitrogens with one attached hydrogen (secondary N) is 1. The Morgan fingerprint density at radius 1 is 1.28 bits per heavy atom. The first-order valence-corrected chi connectivity index (χ1v) is 17.1. The van der Waals surface area contributed by atoms with Crippen LogP contribution in [0.1, 0.15) is 26.0 Å². The van der Waals surface area contributed by atoms with E-state index in [1.165, 1.54) is 10.9 Å². The largest absolute Gasteiger partial charge is 0.490 e. The second-order valence-corrected chi connectivity index (χ2v) is 14.9. The summed E-state index contributed by atoms with van der Waals surface area (Å²) in [5, 5.41) is 4.47. The molecule has 1 saturated heterocycles. The molecule has 204 valence electrons. The molecule has 1 aliphatic rings. The van der Waals surface area contributed by atoms with Gasteiger partial charge < -0.3 is 30.0 Å². The standard InChI is InChI=1S/C14H24N5O12P3S2/c1-7(36-35-2)3-8-4-11(19-12-9(5-16-19)13(20)18-14(15)17-12)29-10(8)6-28-33(24,25)31-34(26,27)30-32(21,22)23/h5,7-8,10-11H,3-4,6H2,1-2H3,(H,24,25)(H,26,27)(H2,21,22,23)(H3,15,17,18,20)/t7-,8+,10?,11+/m0/s1. The number of rotatable bonds is 12. The molecule has 6 atom stereocenters. The van der Waals surface area contributed by atoms with Gasteiger partial charge in [-0.25, -0.2) is 18.4 Å². The van der Waals surface area contributed by atoms with Gasteiger partial charge in [0.25, 0.3) is 5.56 Å². The van der Waals surface area contributed by atoms with E-state index < -0.39 is 48.0 Å². The maximum atomic E-state index is 12.2. The minimum Gasteiger partial charge on any atom is -0.369 e. The molecule has 3 rings (SSSR count). The lowest BCUT2D eigenvalue weighted by Crippen LogP contribution is -2.24. The molecule has 0 radical (unpaired) electrons. The highest BCUT2D eigenvalue weighted by atomic mass is 33.1. The molecular weight excluding hydrogens is 587 g/mol. The molecular formula is C14H24N5O12P3S2. The van der Waals surface area contributed by atoms with Crippen LogP contribution in [0.2, 0.25) is 0 Å². The van der Waals surface area contributed by atoms with Gasteiger partial charge in [0.1, 0.15) is 5.39 Å². The predicted octanol–water partition coefficient (Wildman–Crippen LogP) is 1.74. The molecule has 0 spiro atoms. The molecule has 17 nitrogen and oxygen atoms in total. The van der Waals surface area contributed by atoms with Crippen LogP contribution >= 0.6 is 45.1 Å². The fourth-order valence-electron chi connectivity index (χ4n) is 3.62. The number of hydrogen-bond acceptors (Lipinski definition) is 13. The number of nitrogen functional groups attached to an aromatic ring is 1. The second-order valence-electron chi connectivity index (χ2n) is 7.60. The monoisotopic (exact) mass is 611 g/mol. The van der Waals surface area contributed by atoms with Crippen LogP contribution in [0.4, 0.5) is 5.95 Å². The Morgan fingerprint density at radius 2 is 1.97 bits per heavy atom. The van der Waals surface area contributed by atoms with E-state index in [0.717, 1.165) is 0 Å². The molecule has 2 aromatic rings. The number of nitrogens with zero attached hydrogens (tertiary/aromatic N) is 3. The third-order valence-corrected chi connectivity index (χ3v) is 10.9. The highest BCUT2D eigenvalue weighted by Crippen LogP contribution is 2.66. The number of phosphoric ester groups is 1. The van der Waals surface area contributed by atoms with Gasteiger partial charge in [0, 0.05) is 5.25 Å². The first kappa shape index (κ1) is 29.8. The number of nitrogens with two attached hydrogens (primary N) is 1. The smallest absolute Gasteiger partial charge is 0.369 e. The Balaban J connectivity index is 1.78. The number of ether oxygens (including phenoxy) is 1. The van der Waals surface area contributed by atoms with Crippen LogP contribution in [0.5, 0.6) is 0 Å². The van der Waals surface area contributed by atoms with Crippen molar-refractivity contribution in [2.24, 2.45) is 5.92 Å². The molecule has 1 fully saturated rings. The molecule has 0 amide bonds. The summed E-state index contributed by atoms with van der Waals surface area (Å²) in [5.74, 6) is -0.395. The number of aromatic amines is 1. The summed E-state index contributed by atoms with van der Waals surface area (Å²) in [6, 6.07) is 0. The number of phosphoric acid groups is 3. The first-order chi connectivity index (χ1) is 16.6. The van der Waals surface area contributed by atoms with Crippen LogP contribution in [0, 0.1) is 5.92 Å². The average Bonchev–Trinajstić information content (AvgIpc) is 3.27. The Labute approximate surface area is 211 Å². The van der Waals surface area contributed by atoms with E-state index in [1.54, 1.807) is 21.6 Å². The fourth-order valence-corrected chi connectivity index (χ4v) is 8.53. The van der Waals surface area contributed by atoms with Gasteiger partial charge in [-0.1, -0.05) is 28.5 Å². The molecule has 1 aliphatic heterocycles. The van der Waals surface area contributed by atoms with Gasteiger partial charge in [-0.15, -0.1) is 0 Å². The van der Waals surface area contributed by atoms with Gasteiger partial charge in [0.15, 0.2) is 11.9 Å². The Morgan fingerprint density at radius 3 is 2.61 bits per heavy atom. The van der Waals surface area contributed by atoms with E-state index in [-0.39, 0.29) is 28.1 Å². The quantitative estimate of drug-likeness (QED) is 0.147. The molecule has 3 heterocycles. The fraction of sp³-hybridized carbons (Fsp3) is 0.643. The van der Waals surface area contributed by atoms with Crippen molar-refractivity contribution in [3.63, 3.8) is 0 Å². The van der Waals surface area contributed by atoms with Crippen molar-refractivity contribution in [2.45, 2.75) is 37.3 Å². The van der Waals surface area contributed by atoms with Crippen LogP contribution in [0.25, 0.3) is 11.0 Å². The van der Waals surface area contributed by atoms with E-state index in [0.29, 0.717) is 12.8 Å². The van der Waals surface area contributed by atoms with Crippen molar-refractivity contribution in [3.05, 3.63) is 16.6 Å². The van der Waals surface area contributed by atoms with Crippen molar-refractivity contribution in [1.29, 1.82) is 0 Å². The van der Waals surface area contributed by atoms with E-state index in [1.807, 2.05) is 13.2 Å². The lowest BCUT2D eigenvalue weighted by molar-refractivity contribution is -0.0339. The number of hydrogen-bond donors (Lipinski definition) is 6. The minimum atomic E-state index is -5.65. The van der Waals surface area contributed by atoms with Crippen LogP contribution in [-0.4, -0.2) is 63.5 Å². The number of H-pyrrole nitrogens is 1. The zero-order valence-electron chi connectivity index (χ0n) is 18.6. The van der Waals surface area contributed by atoms with Crippen molar-refractivity contribution in [1.82, 2.24) is 19.7 Å². The van der Waals surface area contributed by atoms with Crippen LogP contribution in [0.15, 0.2) is 11.0 Å². The number of fused-ring (bicyclic) bond motifs is 1. The van der Waals surface area contributed by atoms with E-state index in [2.05, 4.69) is 23.7 Å². The second kappa shape index (κ2) is 11.5. The Hall–Kier alpha value is -0.780. The average molecular weight is 611 g/mol. The lowest BCUT2D eigenvalue weighted by Gasteiger charge is -2.22. The molecule has 0 aromatic carbocycles. The van der Waals surface area contributed by atoms with Crippen LogP contribution in [0.3, 0.4) is 0 Å². The highest BCUT2D eigenvalue weighted by Gasteiger charge is 2.43. The summed E-state index contributed by atoms with van der Waals surface area (Å²) in [6.07, 6.45) is 2.51. The normalized spacial score (nSPS) is 25.0. The highest BCUT2D eigenvalue weighted by molar-refractivity contribution is 8.76. The molecule has 3 unspecified atom stereocenters. The predicted molar refractivity (Wildman–Crippen MR) is 130 cm³/mol. The van der Waals surface area contributed by atoms with Crippen LogP contribution in [-0.2, 0) is 31.6 Å². The van der Waals surface area contributed by atoms with Gasteiger partial charge in [0.05, 0.1) is 18.9 Å². The zero-order valence-corrected chi connectivity index (χ0v) is 23.0. The first-order valence-electron chi connectivity index (χ1n) is 9.95. The minimum absolute atomic E-state index is 0.127. The summed E-state index contributed by atoms with van der Waals surface area (Å²) < 4.78 is 54.1. The van der Waals surface area contributed by atoms with Gasteiger partial charge in [-0.05, 0) is 25.0 Å². The Kier molecular flexibility index (Phi) is 9.54. The number of aromatic nitrogens is 4. The zero-order chi connectivity index (χ0) is 26.9. The maximum Gasteiger partial charge on any atom is 0.490 e. The van der Waals surface area contributed by atoms with Gasteiger partial charge >= 0.3 is 23.5 Å². The van der Waals surface area contributed by atoms with Crippen LogP contribution < -0.4 is 11.3 Å². The summed E-state index contributed by atoms with van der Waals surface area (Å²) in [7, 11) is -13.3. The summed E-state index contributed by atoms with van der Waals surface area (Å²) >= 11 is 0. The number of anilines is 1. The third kappa shape index (κ3) is 8.11. The van der Waals surface area contributed by atoms with Crippen molar-refractivity contribution in [3.8, 4) is 0 Å². The maximum absolute atomic E-state index is 12.2. The van der Waals surface area contributed by atoms with E-state index in [9.17, 15) is 28.3 Å². The molecule has 22 heteroatoms. The topological polar surface area (TPSA) is 259 Å². The molecule has 0 aliphatic carbocycles. The van der Waals surface area contributed by atoms with Crippen molar-refractivity contribution < 1.29 is 51.2 Å².